The molecule has 9 atom stereocenters. The van der Waals surface area contributed by atoms with E-state index in [1.165, 1.54) is 34.5 Å². The van der Waals surface area contributed by atoms with Crippen molar-refractivity contribution >= 4 is 21.9 Å². The first kappa shape index (κ1) is 32.0. The molecule has 6 N–H and O–H groups in total. The monoisotopic (exact) mass is 626 g/mol. The van der Waals surface area contributed by atoms with Crippen LogP contribution in [0.2, 0.25) is 0 Å². The van der Waals surface area contributed by atoms with Crippen LogP contribution in [0.3, 0.4) is 0 Å². The average molecular weight is 627 g/mol. The summed E-state index contributed by atoms with van der Waals surface area (Å²) in [6.07, 6.45) is -14.4. The molecule has 2 aromatic carbocycles. The lowest BCUT2D eigenvalue weighted by atomic mass is 9.99. The van der Waals surface area contributed by atoms with Crippen molar-refractivity contribution in [2.24, 2.45) is 0 Å². The molecule has 0 aliphatic carbocycles. The van der Waals surface area contributed by atoms with Gasteiger partial charge in [0.05, 0.1) is 47.0 Å². The zero-order valence-corrected chi connectivity index (χ0v) is 24.1. The van der Waals surface area contributed by atoms with Crippen molar-refractivity contribution in [3.8, 4) is 28.7 Å². The summed E-state index contributed by atoms with van der Waals surface area (Å²) in [6.45, 7) is -0.856. The second-order valence-corrected chi connectivity index (χ2v) is 10.1. The molecule has 16 nitrogen and oxygen atoms in total. The van der Waals surface area contributed by atoms with E-state index in [0.29, 0.717) is 0 Å². The van der Waals surface area contributed by atoms with E-state index in [9.17, 15) is 35.4 Å². The van der Waals surface area contributed by atoms with Gasteiger partial charge >= 0.3 is 0 Å². The Morgan fingerprint density at radius 2 is 1.41 bits per heavy atom. The molecule has 2 saturated heterocycles. The van der Waals surface area contributed by atoms with E-state index in [2.05, 4.69) is 0 Å². The van der Waals surface area contributed by atoms with Crippen molar-refractivity contribution < 1.29 is 73.0 Å². The topological polar surface area (TPSA) is 225 Å². The number of ether oxygens (including phenoxy) is 8. The fraction of sp³-hybridized carbons (Fsp3) is 0.536. The molecule has 242 valence electrons. The summed E-state index contributed by atoms with van der Waals surface area (Å²) in [6, 6.07) is 4.70. The van der Waals surface area contributed by atoms with Crippen LogP contribution >= 0.6 is 0 Å². The molecular formula is C28H34O16. The molecule has 2 aliphatic rings. The van der Waals surface area contributed by atoms with Gasteiger partial charge in [-0.25, -0.2) is 0 Å². The summed E-state index contributed by atoms with van der Waals surface area (Å²) in [5.41, 5.74) is -0.597. The molecule has 0 bridgehead atoms. The second kappa shape index (κ2) is 12.9. The Bertz CT molecular complexity index is 1540. The normalized spacial score (nSPS) is 30.7. The summed E-state index contributed by atoms with van der Waals surface area (Å²) in [5, 5.41) is 61.8. The van der Waals surface area contributed by atoms with Gasteiger partial charge in [-0.05, 0) is 12.1 Å². The minimum Gasteiger partial charge on any atom is -0.493 e. The first-order valence-electron chi connectivity index (χ1n) is 13.5. The molecular weight excluding hydrogens is 592 g/mol. The third kappa shape index (κ3) is 5.38. The van der Waals surface area contributed by atoms with E-state index in [0.717, 1.165) is 0 Å². The fourth-order valence-corrected chi connectivity index (χ4v) is 5.19. The Morgan fingerprint density at radius 1 is 0.750 bits per heavy atom. The van der Waals surface area contributed by atoms with Crippen LogP contribution in [0, 0.1) is 0 Å². The van der Waals surface area contributed by atoms with Gasteiger partial charge in [-0.2, -0.15) is 0 Å². The third-order valence-electron chi connectivity index (χ3n) is 7.55. The van der Waals surface area contributed by atoms with E-state index in [1.807, 2.05) is 0 Å². The van der Waals surface area contributed by atoms with E-state index in [1.54, 1.807) is 12.1 Å². The molecule has 0 radical (unpaired) electrons. The van der Waals surface area contributed by atoms with Gasteiger partial charge in [-0.15, -0.1) is 0 Å². The average Bonchev–Trinajstić information content (AvgIpc) is 3.03. The van der Waals surface area contributed by atoms with Crippen LogP contribution in [-0.2, 0) is 14.2 Å². The third-order valence-corrected chi connectivity index (χ3v) is 7.55. The van der Waals surface area contributed by atoms with Crippen molar-refractivity contribution in [1.82, 2.24) is 0 Å². The molecule has 5 rings (SSSR count). The Labute approximate surface area is 249 Å². The summed E-state index contributed by atoms with van der Waals surface area (Å²) >= 11 is 0. The minimum atomic E-state index is -1.85. The van der Waals surface area contributed by atoms with Gasteiger partial charge in [0.2, 0.25) is 29.0 Å². The van der Waals surface area contributed by atoms with Crippen LogP contribution < -0.4 is 29.1 Å². The Morgan fingerprint density at radius 3 is 2.07 bits per heavy atom. The van der Waals surface area contributed by atoms with Crippen molar-refractivity contribution in [1.29, 1.82) is 0 Å². The number of aliphatic hydroxyl groups excluding tert-OH is 6. The number of hydrogen-bond acceptors (Lipinski definition) is 16. The maximum Gasteiger partial charge on any atom is 0.229 e. The van der Waals surface area contributed by atoms with Crippen LogP contribution in [-0.4, -0.2) is 128 Å². The lowest BCUT2D eigenvalue weighted by Crippen LogP contribution is -2.61. The molecule has 0 unspecified atom stereocenters. The number of fused-ring (bicyclic) bond motifs is 2. The Hall–Kier alpha value is -3.45. The number of para-hydroxylation sites is 1. The van der Waals surface area contributed by atoms with E-state index in [4.69, 9.17) is 42.3 Å². The largest absolute Gasteiger partial charge is 0.493 e. The molecule has 3 heterocycles. The van der Waals surface area contributed by atoms with Crippen LogP contribution in [0.25, 0.3) is 21.9 Å². The smallest absolute Gasteiger partial charge is 0.229 e. The number of rotatable bonds is 9. The highest BCUT2D eigenvalue weighted by Crippen LogP contribution is 2.51. The van der Waals surface area contributed by atoms with Crippen molar-refractivity contribution in [3.63, 3.8) is 0 Å². The first-order chi connectivity index (χ1) is 21.1. The summed E-state index contributed by atoms with van der Waals surface area (Å²) in [4.78, 5) is 13.9. The van der Waals surface area contributed by atoms with Gasteiger partial charge in [0, 0.05) is 0 Å². The number of benzene rings is 2. The molecule has 3 aromatic rings. The molecule has 0 amide bonds. The lowest BCUT2D eigenvalue weighted by molar-refractivity contribution is -0.307. The molecule has 44 heavy (non-hydrogen) atoms. The Kier molecular flexibility index (Phi) is 9.36. The van der Waals surface area contributed by atoms with Crippen molar-refractivity contribution in [2.45, 2.75) is 55.3 Å². The summed E-state index contributed by atoms with van der Waals surface area (Å²) in [5.74, 6) is -0.219. The maximum absolute atomic E-state index is 13.9. The predicted octanol–water partition coefficient (Wildman–Crippen LogP) is -1.38. The van der Waals surface area contributed by atoms with Gasteiger partial charge in [-0.1, -0.05) is 6.07 Å². The number of hydrogen-bond donors (Lipinski definition) is 6. The highest BCUT2D eigenvalue weighted by Gasteiger charge is 2.47. The van der Waals surface area contributed by atoms with Crippen LogP contribution in [0.15, 0.2) is 27.4 Å². The molecule has 0 spiro atoms. The second-order valence-electron chi connectivity index (χ2n) is 10.1. The summed E-state index contributed by atoms with van der Waals surface area (Å²) in [7, 11) is 5.32. The minimum absolute atomic E-state index is 0.0122. The standard InChI is InChI=1S/C28H34O16/c1-36-12-7-5-6-10-15(30)14-22(43-21(10)12)24(37-2)26(39-4)25(38-3)23(14)44-28-20(35)18(33)17(32)13(42-28)9-41-27-19(34)16(31)11(29)8-40-27/h5-7,11,13,16-20,27-29,31-35H,8-9H2,1-4H3/t11-,13+,16+,17-,18+,19+,20+,27-,28-/m0/s1. The van der Waals surface area contributed by atoms with Gasteiger partial charge in [0.15, 0.2) is 29.0 Å². The van der Waals surface area contributed by atoms with Crippen molar-refractivity contribution in [3.05, 3.63) is 28.4 Å². The molecule has 0 saturated carbocycles. The summed E-state index contributed by atoms with van der Waals surface area (Å²) < 4.78 is 50.5. The zero-order valence-electron chi connectivity index (χ0n) is 24.1. The van der Waals surface area contributed by atoms with Gasteiger partial charge in [0.1, 0.15) is 48.1 Å². The first-order valence-corrected chi connectivity index (χ1v) is 13.5. The maximum atomic E-state index is 13.9. The zero-order chi connectivity index (χ0) is 31.9. The van der Waals surface area contributed by atoms with E-state index >= 15 is 0 Å². The quantitative estimate of drug-likeness (QED) is 0.151. The highest BCUT2D eigenvalue weighted by atomic mass is 16.7. The van der Waals surface area contributed by atoms with Crippen LogP contribution in [0.5, 0.6) is 28.7 Å². The van der Waals surface area contributed by atoms with Crippen LogP contribution in [0.4, 0.5) is 0 Å². The SMILES string of the molecule is COc1c(OC)c(O[C@@H]2O[C@H](CO[C@@H]3OC[C@H](O)[C@@H](O)[C@H]3O)[C@H](O)[C@@H](O)[C@H]2O)c2c(=O)c3cccc(OC)c3oc2c1OC. The van der Waals surface area contributed by atoms with Crippen LogP contribution in [0.1, 0.15) is 0 Å². The van der Waals surface area contributed by atoms with Gasteiger partial charge < -0.3 is 73.0 Å². The number of aliphatic hydroxyl groups is 6. The highest BCUT2D eigenvalue weighted by molar-refractivity contribution is 6.01. The molecule has 2 aliphatic heterocycles. The Balaban J connectivity index is 1.56. The van der Waals surface area contributed by atoms with E-state index < -0.39 is 67.3 Å². The predicted molar refractivity (Wildman–Crippen MR) is 147 cm³/mol. The number of methoxy groups -OCH3 is 4. The lowest BCUT2D eigenvalue weighted by Gasteiger charge is -2.41. The molecule has 2 fully saturated rings. The fourth-order valence-electron chi connectivity index (χ4n) is 5.19. The van der Waals surface area contributed by atoms with Gasteiger partial charge in [-0.3, -0.25) is 4.79 Å². The van der Waals surface area contributed by atoms with E-state index in [-0.39, 0.29) is 57.3 Å². The van der Waals surface area contributed by atoms with Crippen molar-refractivity contribution in [2.75, 3.05) is 41.7 Å². The molecule has 1 aromatic heterocycles. The molecule has 16 heteroatoms. The van der Waals surface area contributed by atoms with Gasteiger partial charge in [0.25, 0.3) is 0 Å².